The van der Waals surface area contributed by atoms with Crippen molar-refractivity contribution < 1.29 is 0 Å². The van der Waals surface area contributed by atoms with Crippen molar-refractivity contribution in [1.82, 2.24) is 5.32 Å². The Morgan fingerprint density at radius 1 is 1.27 bits per heavy atom. The molecule has 0 amide bonds. The molecule has 0 spiro atoms. The Hall–Kier alpha value is -1.18. The number of hydrogen-bond donors (Lipinski definition) is 0. The predicted octanol–water partition coefficient (Wildman–Crippen LogP) is 2.93. The van der Waals surface area contributed by atoms with E-state index in [1.165, 1.54) is 37.2 Å². The van der Waals surface area contributed by atoms with Crippen LogP contribution in [0.5, 0.6) is 0 Å². The fraction of sp³-hybridized carbons (Fsp3) is 0.538. The van der Waals surface area contributed by atoms with E-state index in [-0.39, 0.29) is 0 Å². The molecule has 0 unspecified atom stereocenters. The fourth-order valence-electron chi connectivity index (χ4n) is 2.06. The maximum atomic E-state index is 4.53. The molecule has 1 aliphatic rings. The van der Waals surface area contributed by atoms with E-state index in [9.17, 15) is 0 Å². The summed E-state index contributed by atoms with van der Waals surface area (Å²) in [5, 5.41) is 4.53. The minimum absolute atomic E-state index is 0.948. The van der Waals surface area contributed by atoms with Crippen molar-refractivity contribution in [3.05, 3.63) is 24.3 Å². The molecule has 2 heteroatoms. The molecule has 0 fully saturated rings. The van der Waals surface area contributed by atoms with Crippen LogP contribution in [0.15, 0.2) is 24.3 Å². The quantitative estimate of drug-likeness (QED) is 0.688. The first-order valence-electron chi connectivity index (χ1n) is 5.93. The molecule has 0 bridgehead atoms. The van der Waals surface area contributed by atoms with Crippen molar-refractivity contribution in [1.29, 1.82) is 0 Å². The highest BCUT2D eigenvalue weighted by Gasteiger charge is 2.15. The van der Waals surface area contributed by atoms with Gasteiger partial charge >= 0.3 is 0 Å². The van der Waals surface area contributed by atoms with Crippen LogP contribution >= 0.6 is 0 Å². The summed E-state index contributed by atoms with van der Waals surface area (Å²) in [6.45, 7) is 5.46. The second-order valence-electron chi connectivity index (χ2n) is 4.06. The van der Waals surface area contributed by atoms with Gasteiger partial charge in [0, 0.05) is 13.1 Å². The summed E-state index contributed by atoms with van der Waals surface area (Å²) in [5.74, 6) is 0. The molecule has 1 aromatic rings. The molecule has 0 aliphatic carbocycles. The third-order valence-electron chi connectivity index (χ3n) is 2.91. The summed E-state index contributed by atoms with van der Waals surface area (Å²) >= 11 is 0. The maximum Gasteiger partial charge on any atom is 0.0808 e. The first-order chi connectivity index (χ1) is 7.42. The predicted molar refractivity (Wildman–Crippen MR) is 64.8 cm³/mol. The van der Waals surface area contributed by atoms with Crippen molar-refractivity contribution in [2.24, 2.45) is 0 Å². The number of benzene rings is 1. The second-order valence-corrected chi connectivity index (χ2v) is 4.06. The number of hydrogen-bond acceptors (Lipinski definition) is 1. The van der Waals surface area contributed by atoms with Gasteiger partial charge in [-0.25, -0.2) is 0 Å². The lowest BCUT2D eigenvalue weighted by molar-refractivity contribution is 0.647. The third-order valence-corrected chi connectivity index (χ3v) is 2.91. The van der Waals surface area contributed by atoms with E-state index in [0.29, 0.717) is 0 Å². The van der Waals surface area contributed by atoms with Gasteiger partial charge in [-0.2, -0.15) is 0 Å². The zero-order valence-corrected chi connectivity index (χ0v) is 9.45. The molecule has 1 radical (unpaired) electrons. The number of nitrogens with zero attached hydrogens (tertiary/aromatic N) is 2. The second kappa shape index (κ2) is 5.06. The topological polar surface area (TPSA) is 17.3 Å². The molecular formula is C13H19N2. The minimum Gasteiger partial charge on any atom is -0.368 e. The van der Waals surface area contributed by atoms with Crippen LogP contribution in [0.25, 0.3) is 0 Å². The van der Waals surface area contributed by atoms with Gasteiger partial charge in [-0.1, -0.05) is 31.9 Å². The number of fused-ring (bicyclic) bond motifs is 1. The standard InChI is InChI=1S/C13H19N2/c1-2-3-6-10-15-11-9-14-12-7-4-5-8-13(12)15/h4-5,7-8H,2-3,6,9-11H2,1H3. The summed E-state index contributed by atoms with van der Waals surface area (Å²) in [5.41, 5.74) is 2.49. The van der Waals surface area contributed by atoms with Crippen LogP contribution in [0, 0.1) is 0 Å². The lowest BCUT2D eigenvalue weighted by Gasteiger charge is -2.30. The molecule has 2 nitrogen and oxygen atoms in total. The Morgan fingerprint density at radius 2 is 2.13 bits per heavy atom. The highest BCUT2D eigenvalue weighted by molar-refractivity contribution is 5.67. The third kappa shape index (κ3) is 2.44. The van der Waals surface area contributed by atoms with Gasteiger partial charge in [-0.3, -0.25) is 5.32 Å². The van der Waals surface area contributed by atoms with Crippen molar-refractivity contribution >= 4 is 11.4 Å². The molecule has 0 atom stereocenters. The smallest absolute Gasteiger partial charge is 0.0808 e. The Labute approximate surface area is 92.3 Å². The zero-order chi connectivity index (χ0) is 10.5. The lowest BCUT2D eigenvalue weighted by Crippen LogP contribution is -2.34. The zero-order valence-electron chi connectivity index (χ0n) is 9.45. The number of rotatable bonds is 4. The molecule has 81 valence electrons. The van der Waals surface area contributed by atoms with E-state index >= 15 is 0 Å². The number of unbranched alkanes of at least 4 members (excludes halogenated alkanes) is 2. The van der Waals surface area contributed by atoms with E-state index in [4.69, 9.17) is 0 Å². The van der Waals surface area contributed by atoms with E-state index in [1.54, 1.807) is 0 Å². The summed E-state index contributed by atoms with van der Waals surface area (Å²) in [7, 11) is 0. The maximum absolute atomic E-state index is 4.53. The van der Waals surface area contributed by atoms with E-state index in [1.807, 2.05) is 0 Å². The Kier molecular flexibility index (Phi) is 3.49. The molecule has 0 N–H and O–H groups in total. The fourth-order valence-corrected chi connectivity index (χ4v) is 2.06. The summed E-state index contributed by atoms with van der Waals surface area (Å²) in [4.78, 5) is 2.47. The van der Waals surface area contributed by atoms with E-state index < -0.39 is 0 Å². The Balaban J connectivity index is 2.02. The van der Waals surface area contributed by atoms with Gasteiger partial charge in [-0.15, -0.1) is 0 Å². The highest BCUT2D eigenvalue weighted by atomic mass is 15.2. The largest absolute Gasteiger partial charge is 0.368 e. The Bertz CT molecular complexity index is 309. The van der Waals surface area contributed by atoms with E-state index in [0.717, 1.165) is 13.1 Å². The molecule has 1 aliphatic heterocycles. The van der Waals surface area contributed by atoms with Gasteiger partial charge in [0.1, 0.15) is 0 Å². The summed E-state index contributed by atoms with van der Waals surface area (Å²) in [6.07, 6.45) is 3.92. The van der Waals surface area contributed by atoms with Crippen LogP contribution in [0.2, 0.25) is 0 Å². The number of para-hydroxylation sites is 2. The summed E-state index contributed by atoms with van der Waals surface area (Å²) < 4.78 is 0. The normalized spacial score (nSPS) is 14.6. The van der Waals surface area contributed by atoms with Crippen LogP contribution < -0.4 is 10.2 Å². The van der Waals surface area contributed by atoms with Crippen molar-refractivity contribution in [3.8, 4) is 0 Å². The molecule has 1 aromatic carbocycles. The highest BCUT2D eigenvalue weighted by Crippen LogP contribution is 2.28. The van der Waals surface area contributed by atoms with E-state index in [2.05, 4.69) is 41.4 Å². The first kappa shape index (κ1) is 10.3. The van der Waals surface area contributed by atoms with Crippen molar-refractivity contribution in [3.63, 3.8) is 0 Å². The lowest BCUT2D eigenvalue weighted by atomic mass is 10.1. The average Bonchev–Trinajstić information content (AvgIpc) is 2.30. The van der Waals surface area contributed by atoms with Gasteiger partial charge in [0.05, 0.1) is 17.9 Å². The Morgan fingerprint density at radius 3 is 3.00 bits per heavy atom. The summed E-state index contributed by atoms with van der Waals surface area (Å²) in [6, 6.07) is 8.47. The molecule has 15 heavy (non-hydrogen) atoms. The van der Waals surface area contributed by atoms with Crippen LogP contribution in [0.3, 0.4) is 0 Å². The SMILES string of the molecule is CCCCCN1CC[N]c2ccccc21. The first-order valence-corrected chi connectivity index (χ1v) is 5.93. The molecule has 0 aromatic heterocycles. The average molecular weight is 203 g/mol. The van der Waals surface area contributed by atoms with Crippen LogP contribution in [-0.4, -0.2) is 19.6 Å². The van der Waals surface area contributed by atoms with Gasteiger partial charge < -0.3 is 4.90 Å². The molecule has 1 heterocycles. The van der Waals surface area contributed by atoms with Crippen LogP contribution in [0.1, 0.15) is 26.2 Å². The van der Waals surface area contributed by atoms with Crippen molar-refractivity contribution in [2.75, 3.05) is 24.5 Å². The molecule has 0 saturated heterocycles. The molecule has 2 rings (SSSR count). The monoisotopic (exact) mass is 203 g/mol. The van der Waals surface area contributed by atoms with Gasteiger partial charge in [0.25, 0.3) is 0 Å². The van der Waals surface area contributed by atoms with Crippen LogP contribution in [-0.2, 0) is 0 Å². The number of anilines is 1. The van der Waals surface area contributed by atoms with Gasteiger partial charge in [0.2, 0.25) is 0 Å². The van der Waals surface area contributed by atoms with Crippen LogP contribution in [0.4, 0.5) is 11.4 Å². The van der Waals surface area contributed by atoms with Crippen molar-refractivity contribution in [2.45, 2.75) is 26.2 Å². The minimum atomic E-state index is 0.948. The molecular weight excluding hydrogens is 184 g/mol. The molecule has 0 saturated carbocycles. The van der Waals surface area contributed by atoms with Gasteiger partial charge in [0.15, 0.2) is 0 Å². The van der Waals surface area contributed by atoms with Gasteiger partial charge in [-0.05, 0) is 18.6 Å².